The first-order valence-electron chi connectivity index (χ1n) is 13.3. The maximum atomic E-state index is 15.5. The summed E-state index contributed by atoms with van der Waals surface area (Å²) in [7, 11) is 0. The summed E-state index contributed by atoms with van der Waals surface area (Å²) in [5.41, 5.74) is -0.0135. The second-order valence-electron chi connectivity index (χ2n) is 10.1. The fourth-order valence-corrected chi connectivity index (χ4v) is 5.07. The molecule has 6 rings (SSSR count). The second kappa shape index (κ2) is 11.6. The number of aromatic carboxylic acids is 1. The minimum absolute atomic E-state index is 0.00786. The number of carbonyl (C=O) groups is 1. The van der Waals surface area contributed by atoms with Crippen LogP contribution in [0.5, 0.6) is 5.88 Å². The van der Waals surface area contributed by atoms with Crippen LogP contribution in [0.1, 0.15) is 27.9 Å². The van der Waals surface area contributed by atoms with Crippen molar-refractivity contribution < 1.29 is 32.5 Å². The lowest BCUT2D eigenvalue weighted by Gasteiger charge is -2.28. The van der Waals surface area contributed by atoms with E-state index in [1.54, 1.807) is 10.7 Å². The first-order valence-corrected chi connectivity index (χ1v) is 13.7. The number of hydrogen-bond donors (Lipinski definition) is 1. The Hall–Kier alpha value is -4.61. The molecule has 3 heterocycles. The standard InChI is InChI=1S/C31H23ClF3N3O5/c32-20-6-4-18(24(33)12-20)16-43-29-3-1-2-27(36-29)23-13-25(34)19(10-26(23)35)14-38-30(39)22-7-5-17(31(40)41)11-28(22)37(38)15-21-8-9-42-21/h1-7,10-13,21H,8-9,14-16H2,(H,40,41)/t21-/m1/s1. The molecule has 2 aromatic heterocycles. The number of carboxylic acid groups (broad SMARTS) is 1. The van der Waals surface area contributed by atoms with Crippen molar-refractivity contribution in [3.05, 3.63) is 116 Å². The number of fused-ring (bicyclic) bond motifs is 1. The van der Waals surface area contributed by atoms with Gasteiger partial charge in [0.15, 0.2) is 0 Å². The van der Waals surface area contributed by atoms with Crippen LogP contribution in [0.25, 0.3) is 22.2 Å². The molecule has 12 heteroatoms. The molecule has 0 bridgehead atoms. The number of pyridine rings is 1. The molecular weight excluding hydrogens is 587 g/mol. The Bertz CT molecular complexity index is 1940. The molecule has 5 aromatic rings. The summed E-state index contributed by atoms with van der Waals surface area (Å²) in [4.78, 5) is 29.1. The van der Waals surface area contributed by atoms with Gasteiger partial charge in [-0.1, -0.05) is 23.7 Å². The molecule has 1 saturated heterocycles. The van der Waals surface area contributed by atoms with Crippen molar-refractivity contribution in [1.29, 1.82) is 0 Å². The molecule has 1 atom stereocenters. The molecule has 0 amide bonds. The van der Waals surface area contributed by atoms with Crippen molar-refractivity contribution in [1.82, 2.24) is 14.3 Å². The van der Waals surface area contributed by atoms with E-state index >= 15 is 8.78 Å². The van der Waals surface area contributed by atoms with E-state index < -0.39 is 29.0 Å². The molecule has 1 aliphatic rings. The predicted molar refractivity (Wildman–Crippen MR) is 152 cm³/mol. The average molecular weight is 610 g/mol. The molecule has 0 unspecified atom stereocenters. The SMILES string of the molecule is O=C(O)c1ccc2c(=O)n(Cc3cc(F)c(-c4cccc(OCc5ccc(Cl)cc5F)n4)cc3F)n(C[C@H]3CCO3)c2c1. The fourth-order valence-electron chi connectivity index (χ4n) is 4.92. The zero-order valence-corrected chi connectivity index (χ0v) is 23.2. The van der Waals surface area contributed by atoms with Gasteiger partial charge in [0.05, 0.1) is 41.4 Å². The Morgan fingerprint density at radius 3 is 2.51 bits per heavy atom. The smallest absolute Gasteiger partial charge is 0.335 e. The average Bonchev–Trinajstić information content (AvgIpc) is 3.21. The van der Waals surface area contributed by atoms with Crippen LogP contribution >= 0.6 is 11.6 Å². The van der Waals surface area contributed by atoms with Gasteiger partial charge in [0.25, 0.3) is 5.56 Å². The van der Waals surface area contributed by atoms with Crippen LogP contribution in [-0.4, -0.2) is 38.1 Å². The van der Waals surface area contributed by atoms with Gasteiger partial charge in [0.2, 0.25) is 5.88 Å². The summed E-state index contributed by atoms with van der Waals surface area (Å²) >= 11 is 5.78. The highest BCUT2D eigenvalue weighted by molar-refractivity contribution is 6.30. The number of aromatic nitrogens is 3. The van der Waals surface area contributed by atoms with Gasteiger partial charge in [0.1, 0.15) is 24.1 Å². The lowest BCUT2D eigenvalue weighted by Crippen LogP contribution is -2.35. The Balaban J connectivity index is 1.30. The van der Waals surface area contributed by atoms with Crippen LogP contribution in [-0.2, 0) is 24.4 Å². The predicted octanol–water partition coefficient (Wildman–Crippen LogP) is 6.05. The largest absolute Gasteiger partial charge is 0.478 e. The van der Waals surface area contributed by atoms with Gasteiger partial charge in [-0.25, -0.2) is 27.6 Å². The van der Waals surface area contributed by atoms with E-state index in [1.807, 2.05) is 0 Å². The molecule has 43 heavy (non-hydrogen) atoms. The molecule has 1 fully saturated rings. The third-order valence-electron chi connectivity index (χ3n) is 7.30. The first kappa shape index (κ1) is 28.5. The highest BCUT2D eigenvalue weighted by Gasteiger charge is 2.24. The zero-order chi connectivity index (χ0) is 30.2. The van der Waals surface area contributed by atoms with Gasteiger partial charge in [-0.05, 0) is 55.0 Å². The lowest BCUT2D eigenvalue weighted by molar-refractivity contribution is -0.0618. The van der Waals surface area contributed by atoms with Crippen LogP contribution in [0.3, 0.4) is 0 Å². The summed E-state index contributed by atoms with van der Waals surface area (Å²) in [5, 5.41) is 9.94. The number of benzene rings is 3. The topological polar surface area (TPSA) is 95.6 Å². The van der Waals surface area contributed by atoms with Crippen LogP contribution in [0.2, 0.25) is 5.02 Å². The number of nitrogens with zero attached hydrogens (tertiary/aromatic N) is 3. The van der Waals surface area contributed by atoms with Gasteiger partial charge in [-0.15, -0.1) is 0 Å². The van der Waals surface area contributed by atoms with Crippen molar-refractivity contribution in [2.75, 3.05) is 6.61 Å². The highest BCUT2D eigenvalue weighted by Crippen LogP contribution is 2.28. The number of carboxylic acids is 1. The van der Waals surface area contributed by atoms with Gasteiger partial charge in [0, 0.05) is 34.4 Å². The summed E-state index contributed by atoms with van der Waals surface area (Å²) in [5.74, 6) is -3.19. The summed E-state index contributed by atoms with van der Waals surface area (Å²) in [6.45, 7) is 0.335. The molecule has 0 spiro atoms. The van der Waals surface area contributed by atoms with Crippen molar-refractivity contribution in [3.8, 4) is 17.1 Å². The number of ether oxygens (including phenoxy) is 2. The van der Waals surface area contributed by atoms with E-state index in [-0.39, 0.29) is 70.0 Å². The number of hydrogen-bond acceptors (Lipinski definition) is 5. The van der Waals surface area contributed by atoms with Crippen molar-refractivity contribution in [3.63, 3.8) is 0 Å². The van der Waals surface area contributed by atoms with Gasteiger partial charge >= 0.3 is 5.97 Å². The Labute approximate surface area is 247 Å². The quantitative estimate of drug-likeness (QED) is 0.219. The molecule has 1 aliphatic heterocycles. The minimum Gasteiger partial charge on any atom is -0.478 e. The van der Waals surface area contributed by atoms with Crippen molar-refractivity contribution in [2.24, 2.45) is 0 Å². The van der Waals surface area contributed by atoms with Crippen LogP contribution in [0.4, 0.5) is 13.2 Å². The van der Waals surface area contributed by atoms with E-state index in [2.05, 4.69) is 4.98 Å². The monoisotopic (exact) mass is 609 g/mol. The Kier molecular flexibility index (Phi) is 7.68. The highest BCUT2D eigenvalue weighted by atomic mass is 35.5. The lowest BCUT2D eigenvalue weighted by atomic mass is 10.1. The minimum atomic E-state index is -1.16. The molecule has 1 N–H and O–H groups in total. The van der Waals surface area contributed by atoms with E-state index in [0.29, 0.717) is 12.1 Å². The van der Waals surface area contributed by atoms with Gasteiger partial charge in [-0.3, -0.25) is 9.48 Å². The number of halogens is 4. The van der Waals surface area contributed by atoms with Gasteiger partial charge in [-0.2, -0.15) is 0 Å². The molecular formula is C31H23ClF3N3O5. The third-order valence-corrected chi connectivity index (χ3v) is 7.53. The summed E-state index contributed by atoms with van der Waals surface area (Å²) in [6.07, 6.45) is 0.546. The van der Waals surface area contributed by atoms with E-state index in [4.69, 9.17) is 21.1 Å². The van der Waals surface area contributed by atoms with E-state index in [9.17, 15) is 19.1 Å². The van der Waals surface area contributed by atoms with Crippen LogP contribution < -0.4 is 10.3 Å². The fraction of sp³-hybridized carbons (Fsp3) is 0.194. The maximum Gasteiger partial charge on any atom is 0.335 e. The molecule has 220 valence electrons. The first-order chi connectivity index (χ1) is 20.7. The van der Waals surface area contributed by atoms with Crippen molar-refractivity contribution in [2.45, 2.75) is 32.2 Å². The van der Waals surface area contributed by atoms with Crippen LogP contribution in [0.15, 0.2) is 71.5 Å². The Morgan fingerprint density at radius 2 is 1.79 bits per heavy atom. The van der Waals surface area contributed by atoms with Gasteiger partial charge < -0.3 is 14.6 Å². The molecule has 0 saturated carbocycles. The zero-order valence-electron chi connectivity index (χ0n) is 22.4. The third kappa shape index (κ3) is 5.73. The molecule has 3 aromatic carbocycles. The maximum absolute atomic E-state index is 15.5. The number of rotatable bonds is 9. The normalized spacial score (nSPS) is 14.6. The summed E-state index contributed by atoms with van der Waals surface area (Å²) < 4.78 is 58.9. The van der Waals surface area contributed by atoms with Crippen molar-refractivity contribution >= 4 is 28.5 Å². The molecule has 8 nitrogen and oxygen atoms in total. The molecule has 0 aliphatic carbocycles. The summed E-state index contributed by atoms with van der Waals surface area (Å²) in [6, 6.07) is 14.8. The van der Waals surface area contributed by atoms with E-state index in [0.717, 1.165) is 24.6 Å². The van der Waals surface area contributed by atoms with E-state index in [1.165, 1.54) is 47.1 Å². The molecule has 0 radical (unpaired) electrons. The second-order valence-corrected chi connectivity index (χ2v) is 10.5. The Morgan fingerprint density at radius 1 is 1.00 bits per heavy atom. The van der Waals surface area contributed by atoms with Crippen LogP contribution in [0, 0.1) is 17.5 Å².